The lowest BCUT2D eigenvalue weighted by molar-refractivity contribution is -0.142. The van der Waals surface area contributed by atoms with Gasteiger partial charge in [0, 0.05) is 6.08 Å². The van der Waals surface area contributed by atoms with Crippen LogP contribution in [0.3, 0.4) is 0 Å². The summed E-state index contributed by atoms with van der Waals surface area (Å²) in [6, 6.07) is 0. The lowest BCUT2D eigenvalue weighted by Crippen LogP contribution is -2.15. The van der Waals surface area contributed by atoms with Crippen LogP contribution in [0.4, 0.5) is 0 Å². The lowest BCUT2D eigenvalue weighted by Gasteiger charge is -2.14. The summed E-state index contributed by atoms with van der Waals surface area (Å²) in [5.41, 5.74) is 0. The highest BCUT2D eigenvalue weighted by Gasteiger charge is 2.10. The zero-order valence-corrected chi connectivity index (χ0v) is 7.90. The van der Waals surface area contributed by atoms with E-state index in [2.05, 4.69) is 0 Å². The Morgan fingerprint density at radius 1 is 1.46 bits per heavy atom. The minimum atomic E-state index is -0.499. The molecular formula is C10H16O3. The van der Waals surface area contributed by atoms with Gasteiger partial charge in [-0.15, -0.1) is 0 Å². The van der Waals surface area contributed by atoms with Gasteiger partial charge in [-0.25, -0.2) is 4.79 Å². The predicted octanol–water partition coefficient (Wildman–Crippen LogP) is 1.41. The van der Waals surface area contributed by atoms with E-state index in [0.29, 0.717) is 0 Å². The van der Waals surface area contributed by atoms with Gasteiger partial charge in [-0.3, -0.25) is 0 Å². The Hall–Kier alpha value is -0.830. The number of hydrogen-bond acceptors (Lipinski definition) is 3. The van der Waals surface area contributed by atoms with Gasteiger partial charge < -0.3 is 9.84 Å². The van der Waals surface area contributed by atoms with Crippen molar-refractivity contribution < 1.29 is 14.6 Å². The number of carbonyl (C=O) groups is 1. The summed E-state index contributed by atoms with van der Waals surface area (Å²) < 4.78 is 5.04. The van der Waals surface area contributed by atoms with Crippen LogP contribution in [0.25, 0.3) is 0 Å². The molecule has 1 N–H and O–H groups in total. The molecule has 3 nitrogen and oxygen atoms in total. The van der Waals surface area contributed by atoms with Crippen molar-refractivity contribution in [3.05, 3.63) is 12.2 Å². The first-order chi connectivity index (χ1) is 6.18. The molecule has 0 spiro atoms. The molecule has 1 heterocycles. The number of aliphatic hydroxyl groups excluding tert-OH is 1. The Balaban J connectivity index is 2.52. The number of hydrogen-bond donors (Lipinski definition) is 1. The average Bonchev–Trinajstić information content (AvgIpc) is 2.08. The molecule has 0 radical (unpaired) electrons. The van der Waals surface area contributed by atoms with E-state index in [9.17, 15) is 9.90 Å². The third-order valence-electron chi connectivity index (χ3n) is 2.13. The van der Waals surface area contributed by atoms with Gasteiger partial charge in [-0.1, -0.05) is 6.42 Å². The number of ether oxygens (including phenoxy) is 1. The second-order valence-electron chi connectivity index (χ2n) is 3.46. The molecule has 0 bridgehead atoms. The van der Waals surface area contributed by atoms with Gasteiger partial charge in [0.2, 0.25) is 0 Å². The van der Waals surface area contributed by atoms with Crippen molar-refractivity contribution in [2.45, 2.75) is 44.8 Å². The smallest absolute Gasteiger partial charge is 0.330 e. The van der Waals surface area contributed by atoms with E-state index in [1.165, 1.54) is 12.2 Å². The number of esters is 1. The average molecular weight is 184 g/mol. The number of aliphatic hydroxyl groups is 1. The lowest BCUT2D eigenvalue weighted by atomic mass is 10.1. The molecule has 1 rings (SSSR count). The van der Waals surface area contributed by atoms with Crippen molar-refractivity contribution in [2.24, 2.45) is 0 Å². The fourth-order valence-electron chi connectivity index (χ4n) is 1.37. The Labute approximate surface area is 78.4 Å². The fourth-order valence-corrected chi connectivity index (χ4v) is 1.37. The fraction of sp³-hybridized carbons (Fsp3) is 0.700. The van der Waals surface area contributed by atoms with Crippen LogP contribution < -0.4 is 0 Å². The first-order valence-corrected chi connectivity index (χ1v) is 4.75. The molecule has 2 atom stereocenters. The summed E-state index contributed by atoms with van der Waals surface area (Å²) >= 11 is 0. The molecule has 0 saturated heterocycles. The van der Waals surface area contributed by atoms with Gasteiger partial charge in [-0.05, 0) is 32.3 Å². The minimum Gasteiger partial charge on any atom is -0.460 e. The van der Waals surface area contributed by atoms with E-state index in [4.69, 9.17) is 4.74 Å². The van der Waals surface area contributed by atoms with Crippen LogP contribution in [0.15, 0.2) is 12.2 Å². The largest absolute Gasteiger partial charge is 0.460 e. The van der Waals surface area contributed by atoms with Crippen LogP contribution in [0.2, 0.25) is 0 Å². The monoisotopic (exact) mass is 184 g/mol. The van der Waals surface area contributed by atoms with Gasteiger partial charge >= 0.3 is 5.97 Å². The van der Waals surface area contributed by atoms with Crippen LogP contribution in [-0.2, 0) is 9.53 Å². The molecule has 1 aliphatic heterocycles. The molecule has 0 aromatic rings. The molecule has 1 unspecified atom stereocenters. The minimum absolute atomic E-state index is 0.00704. The molecule has 13 heavy (non-hydrogen) atoms. The summed E-state index contributed by atoms with van der Waals surface area (Å²) in [7, 11) is 0. The predicted molar refractivity (Wildman–Crippen MR) is 49.2 cm³/mol. The van der Waals surface area contributed by atoms with E-state index in [-0.39, 0.29) is 12.1 Å². The van der Waals surface area contributed by atoms with E-state index in [1.54, 1.807) is 0 Å². The number of cyclic esters (lactones) is 1. The van der Waals surface area contributed by atoms with Crippen molar-refractivity contribution in [1.82, 2.24) is 0 Å². The summed E-state index contributed by atoms with van der Waals surface area (Å²) in [5, 5.41) is 9.32. The second kappa shape index (κ2) is 5.02. The van der Waals surface area contributed by atoms with Crippen LogP contribution in [0.5, 0.6) is 0 Å². The van der Waals surface area contributed by atoms with Crippen molar-refractivity contribution in [1.29, 1.82) is 0 Å². The summed E-state index contributed by atoms with van der Waals surface area (Å²) in [6.07, 6.45) is 5.90. The first kappa shape index (κ1) is 10.3. The van der Waals surface area contributed by atoms with Crippen molar-refractivity contribution >= 4 is 5.97 Å². The molecule has 0 aromatic carbocycles. The number of carbonyl (C=O) groups excluding carboxylic acids is 1. The Bertz CT molecular complexity index is 198. The van der Waals surface area contributed by atoms with Gasteiger partial charge in [0.1, 0.15) is 0 Å². The van der Waals surface area contributed by atoms with Crippen molar-refractivity contribution in [3.63, 3.8) is 0 Å². The molecular weight excluding hydrogens is 168 g/mol. The third kappa shape index (κ3) is 4.08. The van der Waals surface area contributed by atoms with E-state index in [1.807, 2.05) is 6.92 Å². The van der Waals surface area contributed by atoms with Gasteiger partial charge in [0.05, 0.1) is 12.2 Å². The second-order valence-corrected chi connectivity index (χ2v) is 3.46. The quantitative estimate of drug-likeness (QED) is 0.579. The van der Waals surface area contributed by atoms with Crippen molar-refractivity contribution in [2.75, 3.05) is 0 Å². The molecule has 3 heteroatoms. The van der Waals surface area contributed by atoms with E-state index < -0.39 is 6.10 Å². The van der Waals surface area contributed by atoms with Crippen molar-refractivity contribution in [3.8, 4) is 0 Å². The molecule has 0 fully saturated rings. The van der Waals surface area contributed by atoms with Crippen LogP contribution in [-0.4, -0.2) is 23.3 Å². The number of rotatable bonds is 0. The maximum atomic E-state index is 11.0. The third-order valence-corrected chi connectivity index (χ3v) is 2.13. The maximum absolute atomic E-state index is 11.0. The molecule has 0 saturated carbocycles. The van der Waals surface area contributed by atoms with Crippen LogP contribution >= 0.6 is 0 Å². The summed E-state index contributed by atoms with van der Waals surface area (Å²) in [4.78, 5) is 11.0. The Morgan fingerprint density at radius 2 is 2.15 bits per heavy atom. The summed E-state index contributed by atoms with van der Waals surface area (Å²) in [5.74, 6) is -0.353. The van der Waals surface area contributed by atoms with E-state index >= 15 is 0 Å². The zero-order chi connectivity index (χ0) is 9.68. The molecule has 0 aliphatic carbocycles. The summed E-state index contributed by atoms with van der Waals surface area (Å²) in [6.45, 7) is 1.89. The molecule has 1 aliphatic rings. The first-order valence-electron chi connectivity index (χ1n) is 4.75. The topological polar surface area (TPSA) is 46.5 Å². The van der Waals surface area contributed by atoms with Crippen LogP contribution in [0, 0.1) is 0 Å². The standard InChI is InChI=1S/C10H16O3/c1-8-4-2-3-5-9(11)6-7-10(12)13-8/h6-9,11H,2-5H2,1H3/b7-6-/t8-,9?/m1/s1. The highest BCUT2D eigenvalue weighted by atomic mass is 16.5. The Kier molecular flexibility index (Phi) is 3.96. The van der Waals surface area contributed by atoms with E-state index in [0.717, 1.165) is 25.7 Å². The maximum Gasteiger partial charge on any atom is 0.330 e. The normalized spacial score (nSPS) is 33.5. The highest BCUT2D eigenvalue weighted by molar-refractivity contribution is 5.82. The van der Waals surface area contributed by atoms with Crippen LogP contribution in [0.1, 0.15) is 32.6 Å². The highest BCUT2D eigenvalue weighted by Crippen LogP contribution is 2.11. The molecule has 0 amide bonds. The molecule has 74 valence electrons. The zero-order valence-electron chi connectivity index (χ0n) is 7.90. The molecule has 0 aromatic heterocycles. The SMILES string of the molecule is C[C@@H]1CCCCC(O)/C=C\C(=O)O1. The van der Waals surface area contributed by atoms with Gasteiger partial charge in [-0.2, -0.15) is 0 Å². The van der Waals surface area contributed by atoms with Gasteiger partial charge in [0.25, 0.3) is 0 Å². The Morgan fingerprint density at radius 3 is 2.92 bits per heavy atom. The van der Waals surface area contributed by atoms with Gasteiger partial charge in [0.15, 0.2) is 0 Å².